The zero-order valence-electron chi connectivity index (χ0n) is 9.01. The molecular weight excluding hydrogens is 169 g/mol. The Labute approximate surface area is 80.1 Å². The largest absolute Gasteiger partial charge is 0.340 e. The number of carbonyl (C=O) groups excluding carboxylic acids is 1. The Morgan fingerprint density at radius 1 is 1.46 bits per heavy atom. The summed E-state index contributed by atoms with van der Waals surface area (Å²) in [5.41, 5.74) is 0. The molecule has 0 bridgehead atoms. The first kappa shape index (κ1) is 12.4. The van der Waals surface area contributed by atoms with Crippen molar-refractivity contribution < 1.29 is 9.18 Å². The second-order valence-corrected chi connectivity index (χ2v) is 3.25. The summed E-state index contributed by atoms with van der Waals surface area (Å²) in [7, 11) is 0. The van der Waals surface area contributed by atoms with Crippen LogP contribution in [0.4, 0.5) is 4.39 Å². The summed E-state index contributed by atoms with van der Waals surface area (Å²) >= 11 is 0. The number of amides is 1. The number of nitrogens with zero attached hydrogens (tertiary/aromatic N) is 1. The molecule has 0 aromatic rings. The van der Waals surface area contributed by atoms with Gasteiger partial charge in [0.25, 0.3) is 0 Å². The van der Waals surface area contributed by atoms with Gasteiger partial charge < -0.3 is 4.90 Å². The number of halogens is 1. The van der Waals surface area contributed by atoms with Crippen molar-refractivity contribution in [3.05, 3.63) is 0 Å². The topological polar surface area (TPSA) is 20.3 Å². The van der Waals surface area contributed by atoms with Gasteiger partial charge >= 0.3 is 0 Å². The second-order valence-electron chi connectivity index (χ2n) is 3.25. The van der Waals surface area contributed by atoms with Gasteiger partial charge in [0.1, 0.15) is 6.17 Å². The van der Waals surface area contributed by atoms with Gasteiger partial charge in [-0.15, -0.1) is 0 Å². The van der Waals surface area contributed by atoms with Crippen LogP contribution in [0.3, 0.4) is 0 Å². The van der Waals surface area contributed by atoms with Crippen LogP contribution in [0.15, 0.2) is 0 Å². The zero-order chi connectivity index (χ0) is 10.4. The summed E-state index contributed by atoms with van der Waals surface area (Å²) in [4.78, 5) is 12.4. The second kappa shape index (κ2) is 5.95. The van der Waals surface area contributed by atoms with Crippen LogP contribution in [0.2, 0.25) is 0 Å². The molecule has 1 rings (SSSR count). The summed E-state index contributed by atoms with van der Waals surface area (Å²) in [6.45, 7) is 8.39. The van der Waals surface area contributed by atoms with E-state index in [2.05, 4.69) is 0 Å². The maximum absolute atomic E-state index is 13.0. The van der Waals surface area contributed by atoms with Crippen molar-refractivity contribution in [3.8, 4) is 0 Å². The molecule has 1 heterocycles. The van der Waals surface area contributed by atoms with E-state index in [1.54, 1.807) is 4.90 Å². The molecule has 3 heteroatoms. The molecule has 1 fully saturated rings. The number of rotatable bonds is 0. The van der Waals surface area contributed by atoms with Crippen LogP contribution in [0.5, 0.6) is 0 Å². The van der Waals surface area contributed by atoms with Gasteiger partial charge in [0.15, 0.2) is 0 Å². The van der Waals surface area contributed by atoms with E-state index in [0.29, 0.717) is 0 Å². The lowest BCUT2D eigenvalue weighted by atomic mass is 9.97. The van der Waals surface area contributed by atoms with E-state index in [1.165, 1.54) is 6.92 Å². The van der Waals surface area contributed by atoms with E-state index >= 15 is 0 Å². The summed E-state index contributed by atoms with van der Waals surface area (Å²) in [6, 6.07) is 0. The number of piperidine rings is 1. The van der Waals surface area contributed by atoms with Crippen molar-refractivity contribution in [2.75, 3.05) is 13.1 Å². The molecule has 0 radical (unpaired) electrons. The van der Waals surface area contributed by atoms with Gasteiger partial charge in [0.05, 0.1) is 6.54 Å². The van der Waals surface area contributed by atoms with Crippen molar-refractivity contribution in [2.24, 2.45) is 5.92 Å². The molecule has 2 atom stereocenters. The summed E-state index contributed by atoms with van der Waals surface area (Å²) in [5, 5.41) is 0. The molecule has 0 saturated carbocycles. The zero-order valence-corrected chi connectivity index (χ0v) is 9.01. The van der Waals surface area contributed by atoms with Crippen molar-refractivity contribution >= 4 is 5.91 Å². The average molecular weight is 189 g/mol. The molecular formula is C10H20FNO. The highest BCUT2D eigenvalue weighted by atomic mass is 19.1. The van der Waals surface area contributed by atoms with E-state index in [9.17, 15) is 9.18 Å². The van der Waals surface area contributed by atoms with Crippen molar-refractivity contribution in [2.45, 2.75) is 40.3 Å². The van der Waals surface area contributed by atoms with E-state index in [1.807, 2.05) is 20.8 Å². The maximum Gasteiger partial charge on any atom is 0.219 e. The molecule has 1 amide bonds. The smallest absolute Gasteiger partial charge is 0.219 e. The Bertz CT molecular complexity index is 161. The number of hydrogen-bond donors (Lipinski definition) is 0. The molecule has 0 spiro atoms. The van der Waals surface area contributed by atoms with Crippen LogP contribution in [-0.2, 0) is 4.79 Å². The van der Waals surface area contributed by atoms with E-state index in [0.717, 1.165) is 13.0 Å². The lowest BCUT2D eigenvalue weighted by Crippen LogP contribution is -2.43. The third-order valence-electron chi connectivity index (χ3n) is 2.31. The Morgan fingerprint density at radius 3 is 2.38 bits per heavy atom. The fraction of sp³-hybridized carbons (Fsp3) is 0.900. The van der Waals surface area contributed by atoms with Gasteiger partial charge in [-0.3, -0.25) is 4.79 Å². The van der Waals surface area contributed by atoms with Crippen LogP contribution in [-0.4, -0.2) is 30.1 Å². The lowest BCUT2D eigenvalue weighted by Gasteiger charge is -2.32. The predicted molar refractivity (Wildman–Crippen MR) is 52.3 cm³/mol. The summed E-state index contributed by atoms with van der Waals surface area (Å²) < 4.78 is 13.0. The van der Waals surface area contributed by atoms with Crippen LogP contribution < -0.4 is 0 Å². The number of alkyl halides is 1. The Hall–Kier alpha value is -0.600. The Morgan fingerprint density at radius 2 is 2.00 bits per heavy atom. The number of likely N-dealkylation sites (tertiary alicyclic amines) is 1. The highest BCUT2D eigenvalue weighted by Gasteiger charge is 2.26. The molecule has 1 aliphatic rings. The predicted octanol–water partition coefficient (Wildman–Crippen LogP) is 2.24. The van der Waals surface area contributed by atoms with Crippen molar-refractivity contribution in [1.29, 1.82) is 0 Å². The summed E-state index contributed by atoms with van der Waals surface area (Å²) in [5.74, 6) is 0.102. The van der Waals surface area contributed by atoms with Crippen LogP contribution in [0.25, 0.3) is 0 Å². The van der Waals surface area contributed by atoms with Crippen LogP contribution in [0, 0.1) is 5.92 Å². The minimum Gasteiger partial charge on any atom is -0.340 e. The normalized spacial score (nSPS) is 27.6. The molecule has 13 heavy (non-hydrogen) atoms. The highest BCUT2D eigenvalue weighted by molar-refractivity contribution is 5.73. The van der Waals surface area contributed by atoms with Crippen molar-refractivity contribution in [1.82, 2.24) is 4.90 Å². The first-order chi connectivity index (χ1) is 6.11. The summed E-state index contributed by atoms with van der Waals surface area (Å²) in [6.07, 6.45) is -0.0338. The van der Waals surface area contributed by atoms with E-state index < -0.39 is 6.17 Å². The molecule has 0 aromatic carbocycles. The average Bonchev–Trinajstić information content (AvgIpc) is 2.13. The fourth-order valence-electron chi connectivity index (χ4n) is 1.31. The first-order valence-corrected chi connectivity index (χ1v) is 5.01. The quantitative estimate of drug-likeness (QED) is 0.572. The molecule has 2 unspecified atom stereocenters. The molecule has 78 valence electrons. The fourth-order valence-corrected chi connectivity index (χ4v) is 1.31. The standard InChI is InChI=1S/C8H14FNO.C2H6/c1-6-3-4-10(7(2)11)5-8(6)9;1-2/h6,8H,3-5H2,1-2H3;1-2H3. The minimum absolute atomic E-state index is 0.0143. The molecule has 0 aliphatic carbocycles. The molecule has 1 saturated heterocycles. The van der Waals surface area contributed by atoms with Crippen molar-refractivity contribution in [3.63, 3.8) is 0 Å². The first-order valence-electron chi connectivity index (χ1n) is 5.01. The monoisotopic (exact) mass is 189 g/mol. The van der Waals surface area contributed by atoms with Crippen LogP contribution in [0.1, 0.15) is 34.1 Å². The van der Waals surface area contributed by atoms with Gasteiger partial charge in [-0.1, -0.05) is 20.8 Å². The molecule has 1 aliphatic heterocycles. The third-order valence-corrected chi connectivity index (χ3v) is 2.31. The molecule has 2 nitrogen and oxygen atoms in total. The molecule has 0 N–H and O–H groups in total. The van der Waals surface area contributed by atoms with Gasteiger partial charge in [0, 0.05) is 13.5 Å². The third kappa shape index (κ3) is 3.75. The maximum atomic E-state index is 13.0. The number of carbonyl (C=O) groups is 1. The van der Waals surface area contributed by atoms with E-state index in [-0.39, 0.29) is 18.4 Å². The van der Waals surface area contributed by atoms with Gasteiger partial charge in [-0.05, 0) is 12.3 Å². The van der Waals surface area contributed by atoms with Gasteiger partial charge in [0.2, 0.25) is 5.91 Å². The minimum atomic E-state index is -0.826. The highest BCUT2D eigenvalue weighted by Crippen LogP contribution is 2.19. The number of hydrogen-bond acceptors (Lipinski definition) is 1. The van der Waals surface area contributed by atoms with Gasteiger partial charge in [-0.25, -0.2) is 4.39 Å². The molecule has 0 aromatic heterocycles. The SMILES string of the molecule is CC.CC(=O)N1CCC(C)C(F)C1. The van der Waals surface area contributed by atoms with Gasteiger partial charge in [-0.2, -0.15) is 0 Å². The van der Waals surface area contributed by atoms with Crippen LogP contribution >= 0.6 is 0 Å². The Balaban J connectivity index is 0.000000671. The van der Waals surface area contributed by atoms with E-state index in [4.69, 9.17) is 0 Å². The Kier molecular flexibility index (Phi) is 5.67. The lowest BCUT2D eigenvalue weighted by molar-refractivity contribution is -0.131.